The van der Waals surface area contributed by atoms with E-state index >= 15 is 0 Å². The largest absolute Gasteiger partial charge is 0.465 e. The number of piperazine rings is 1. The predicted molar refractivity (Wildman–Crippen MR) is 171 cm³/mol. The number of carbonyl (C=O) groups is 2. The molecule has 0 unspecified atom stereocenters. The van der Waals surface area contributed by atoms with Crippen LogP contribution in [0.4, 0.5) is 14.9 Å². The van der Waals surface area contributed by atoms with E-state index in [-0.39, 0.29) is 41.8 Å². The molecule has 45 heavy (non-hydrogen) atoms. The SMILES string of the molecule is Cc1nc(C)n2c3c(cc(Cc4ccc(F)cc4)c12)N(C(=O)CN1C[C@@H](C)N(C(=O)O)C[C@@H]1CN1CCOC[C@H]1C)CC3(C)C. The van der Waals surface area contributed by atoms with Gasteiger partial charge in [-0.1, -0.05) is 26.0 Å². The molecule has 6 rings (SSSR count). The van der Waals surface area contributed by atoms with Gasteiger partial charge >= 0.3 is 6.09 Å². The van der Waals surface area contributed by atoms with E-state index in [0.717, 1.165) is 46.1 Å². The van der Waals surface area contributed by atoms with Crippen molar-refractivity contribution in [1.82, 2.24) is 24.1 Å². The lowest BCUT2D eigenvalue weighted by Crippen LogP contribution is -2.64. The number of hydrogen-bond acceptors (Lipinski definition) is 6. The monoisotopic (exact) mass is 620 g/mol. The molecule has 2 amide bonds. The number of fused-ring (bicyclic) bond motifs is 3. The lowest BCUT2D eigenvalue weighted by molar-refractivity contribution is -0.121. The standard InChI is InChI=1S/C34H45FN6O4/c1-21-15-38(28(17-39(21)33(43)44)16-37-11-12-45-19-22(37)2)18-30(42)40-20-34(5,6)32-29(40)14-26(13-25-7-9-27(35)10-8-25)31-23(3)36-24(4)41(31)32/h7-10,14,21-22,28H,11-13,15-20H2,1-6H3,(H,43,44)/t21-,22-,28+/m1/s1. The Morgan fingerprint density at radius 3 is 2.51 bits per heavy atom. The van der Waals surface area contributed by atoms with Crippen molar-refractivity contribution in [3.05, 3.63) is 64.5 Å². The molecular weight excluding hydrogens is 575 g/mol. The topological polar surface area (TPSA) is 93.9 Å². The van der Waals surface area contributed by atoms with Gasteiger partial charge in [0.1, 0.15) is 11.6 Å². The second-order valence-corrected chi connectivity index (χ2v) is 13.8. The van der Waals surface area contributed by atoms with E-state index in [1.54, 1.807) is 12.1 Å². The Hall–Kier alpha value is -3.54. The lowest BCUT2D eigenvalue weighted by atomic mass is 9.90. The highest BCUT2D eigenvalue weighted by molar-refractivity contribution is 5.98. The van der Waals surface area contributed by atoms with Crippen molar-refractivity contribution < 1.29 is 23.8 Å². The molecule has 3 aliphatic rings. The zero-order valence-electron chi connectivity index (χ0n) is 27.2. The van der Waals surface area contributed by atoms with Crippen molar-refractivity contribution in [2.45, 2.75) is 71.5 Å². The molecule has 0 bridgehead atoms. The molecule has 11 heteroatoms. The third-order valence-corrected chi connectivity index (χ3v) is 9.88. The number of morpholine rings is 1. The highest BCUT2D eigenvalue weighted by Crippen LogP contribution is 2.43. The Morgan fingerprint density at radius 1 is 1.09 bits per heavy atom. The fraction of sp³-hybridized carbons (Fsp3) is 0.559. The van der Waals surface area contributed by atoms with Gasteiger partial charge in [-0.2, -0.15) is 0 Å². The third kappa shape index (κ3) is 5.93. The molecular formula is C34H45FN6O4. The van der Waals surface area contributed by atoms with Gasteiger partial charge in [-0.05, 0) is 63.4 Å². The summed E-state index contributed by atoms with van der Waals surface area (Å²) in [5.41, 5.74) is 5.61. The van der Waals surface area contributed by atoms with Gasteiger partial charge in [0.15, 0.2) is 0 Å². The molecule has 0 spiro atoms. The molecule has 2 fully saturated rings. The number of hydrogen-bond donors (Lipinski definition) is 1. The van der Waals surface area contributed by atoms with E-state index < -0.39 is 6.09 Å². The van der Waals surface area contributed by atoms with Crippen LogP contribution in [-0.4, -0.2) is 112 Å². The average Bonchev–Trinajstić information content (AvgIpc) is 3.43. The number of aryl methyl sites for hydroxylation is 2. The zero-order chi connectivity index (χ0) is 32.2. The van der Waals surface area contributed by atoms with Crippen LogP contribution in [0.5, 0.6) is 0 Å². The van der Waals surface area contributed by atoms with Crippen molar-refractivity contribution in [3.63, 3.8) is 0 Å². The van der Waals surface area contributed by atoms with Crippen molar-refractivity contribution in [2.75, 3.05) is 57.4 Å². The molecule has 2 aromatic heterocycles. The Bertz CT molecular complexity index is 1600. The van der Waals surface area contributed by atoms with E-state index in [0.29, 0.717) is 45.8 Å². The van der Waals surface area contributed by atoms with Crippen LogP contribution in [0.25, 0.3) is 5.52 Å². The maximum Gasteiger partial charge on any atom is 0.407 e. The van der Waals surface area contributed by atoms with Gasteiger partial charge < -0.3 is 19.6 Å². The quantitative estimate of drug-likeness (QED) is 0.444. The zero-order valence-corrected chi connectivity index (χ0v) is 27.2. The van der Waals surface area contributed by atoms with Crippen LogP contribution in [0.2, 0.25) is 0 Å². The minimum Gasteiger partial charge on any atom is -0.465 e. The van der Waals surface area contributed by atoms with Gasteiger partial charge in [-0.15, -0.1) is 0 Å². The predicted octanol–water partition coefficient (Wildman–Crippen LogP) is 4.08. The maximum absolute atomic E-state index is 14.4. The summed E-state index contributed by atoms with van der Waals surface area (Å²) in [6, 6.07) is 8.58. The number of carboxylic acid groups (broad SMARTS) is 1. The van der Waals surface area contributed by atoms with Crippen molar-refractivity contribution in [2.24, 2.45) is 0 Å². The van der Waals surface area contributed by atoms with Gasteiger partial charge in [-0.3, -0.25) is 19.0 Å². The fourth-order valence-electron chi connectivity index (χ4n) is 7.63. The van der Waals surface area contributed by atoms with E-state index in [9.17, 15) is 19.1 Å². The van der Waals surface area contributed by atoms with Gasteiger partial charge in [0.25, 0.3) is 0 Å². The van der Waals surface area contributed by atoms with Crippen LogP contribution in [0, 0.1) is 19.7 Å². The molecule has 5 heterocycles. The van der Waals surface area contributed by atoms with Crippen LogP contribution in [0.3, 0.4) is 0 Å². The normalized spacial score (nSPS) is 23.9. The second kappa shape index (κ2) is 12.0. The molecule has 0 aliphatic carbocycles. The third-order valence-electron chi connectivity index (χ3n) is 9.88. The van der Waals surface area contributed by atoms with E-state index in [4.69, 9.17) is 9.72 Å². The summed E-state index contributed by atoms with van der Waals surface area (Å²) in [4.78, 5) is 39.3. The van der Waals surface area contributed by atoms with Gasteiger partial charge in [0.05, 0.1) is 42.4 Å². The van der Waals surface area contributed by atoms with E-state index in [1.165, 1.54) is 17.0 Å². The number of ether oxygens (including phenoxy) is 1. The summed E-state index contributed by atoms with van der Waals surface area (Å²) in [5, 5.41) is 9.92. The highest BCUT2D eigenvalue weighted by atomic mass is 19.1. The minimum atomic E-state index is -0.924. The Balaban J connectivity index is 1.34. The van der Waals surface area contributed by atoms with E-state index in [2.05, 4.69) is 41.0 Å². The molecule has 3 aromatic rings. The molecule has 1 aromatic carbocycles. The van der Waals surface area contributed by atoms with Crippen LogP contribution >= 0.6 is 0 Å². The number of amides is 2. The Kier molecular flexibility index (Phi) is 8.38. The Morgan fingerprint density at radius 2 is 1.82 bits per heavy atom. The smallest absolute Gasteiger partial charge is 0.407 e. The number of anilines is 1. The molecule has 3 atom stereocenters. The molecule has 1 N–H and O–H groups in total. The number of nitrogens with zero attached hydrogens (tertiary/aromatic N) is 6. The van der Waals surface area contributed by atoms with Crippen molar-refractivity contribution in [3.8, 4) is 0 Å². The lowest BCUT2D eigenvalue weighted by Gasteiger charge is -2.47. The minimum absolute atomic E-state index is 0.000557. The summed E-state index contributed by atoms with van der Waals surface area (Å²) >= 11 is 0. The van der Waals surface area contributed by atoms with Crippen molar-refractivity contribution >= 4 is 23.2 Å². The number of imidazole rings is 1. The van der Waals surface area contributed by atoms with Gasteiger partial charge in [0.2, 0.25) is 5.91 Å². The summed E-state index contributed by atoms with van der Waals surface area (Å²) in [5.74, 6) is 0.604. The number of benzene rings is 1. The van der Waals surface area contributed by atoms with Gasteiger partial charge in [0, 0.05) is 56.3 Å². The second-order valence-electron chi connectivity index (χ2n) is 13.8. The van der Waals surface area contributed by atoms with E-state index in [1.807, 2.05) is 25.7 Å². The number of halogens is 1. The molecule has 0 radical (unpaired) electrons. The molecule has 242 valence electrons. The van der Waals surface area contributed by atoms with Crippen LogP contribution in [0.1, 0.15) is 56.0 Å². The Labute approximate surface area is 264 Å². The molecule has 10 nitrogen and oxygen atoms in total. The van der Waals surface area contributed by atoms with Crippen LogP contribution in [0.15, 0.2) is 30.3 Å². The summed E-state index contributed by atoms with van der Waals surface area (Å²) in [6.07, 6.45) is -0.340. The number of carbonyl (C=O) groups excluding carboxylic acids is 1. The van der Waals surface area contributed by atoms with Crippen LogP contribution in [-0.2, 0) is 21.4 Å². The number of rotatable bonds is 6. The molecule has 2 saturated heterocycles. The first-order chi connectivity index (χ1) is 21.3. The first-order valence-electron chi connectivity index (χ1n) is 16.0. The molecule has 3 aliphatic heterocycles. The maximum atomic E-state index is 14.4. The molecule has 0 saturated carbocycles. The highest BCUT2D eigenvalue weighted by Gasteiger charge is 2.43. The fourth-order valence-corrected chi connectivity index (χ4v) is 7.63. The number of pyridine rings is 1. The number of aromatic nitrogens is 2. The summed E-state index contributed by atoms with van der Waals surface area (Å²) in [6.45, 7) is 16.7. The first kappa shape index (κ1) is 31.4. The van der Waals surface area contributed by atoms with Gasteiger partial charge in [-0.25, -0.2) is 14.2 Å². The summed E-state index contributed by atoms with van der Waals surface area (Å²) in [7, 11) is 0. The summed E-state index contributed by atoms with van der Waals surface area (Å²) < 4.78 is 21.6. The van der Waals surface area contributed by atoms with Crippen LogP contribution < -0.4 is 4.90 Å². The first-order valence-corrected chi connectivity index (χ1v) is 16.0. The van der Waals surface area contributed by atoms with Crippen molar-refractivity contribution in [1.29, 1.82) is 0 Å². The average molecular weight is 621 g/mol.